The standard InChI is InChI=1S/C22H31ClN/c23-18-12-6-4-2-1-3-5-10-16-22-17-11-13-19-24(22)20-21-14-8-7-9-15-21/h7-9,11,13-15,17,19H,1-6,10,12,16,18,20H2/q+1. The van der Waals surface area contributed by atoms with E-state index in [0.29, 0.717) is 0 Å². The van der Waals surface area contributed by atoms with Crippen LogP contribution in [-0.2, 0) is 13.0 Å². The van der Waals surface area contributed by atoms with Gasteiger partial charge in [-0.2, -0.15) is 4.57 Å². The lowest BCUT2D eigenvalue weighted by Gasteiger charge is -2.05. The van der Waals surface area contributed by atoms with Gasteiger partial charge in [-0.1, -0.05) is 74.9 Å². The molecule has 2 rings (SSSR count). The van der Waals surface area contributed by atoms with Gasteiger partial charge in [0.25, 0.3) is 0 Å². The van der Waals surface area contributed by atoms with Gasteiger partial charge in [-0.05, 0) is 12.8 Å². The average Bonchev–Trinajstić information content (AvgIpc) is 2.62. The number of aromatic nitrogens is 1. The molecule has 0 bridgehead atoms. The van der Waals surface area contributed by atoms with Crippen molar-refractivity contribution in [2.24, 2.45) is 0 Å². The maximum atomic E-state index is 5.70. The second-order valence-corrected chi connectivity index (χ2v) is 6.95. The van der Waals surface area contributed by atoms with Crippen molar-refractivity contribution in [2.45, 2.75) is 64.3 Å². The molecule has 1 aromatic carbocycles. The highest BCUT2D eigenvalue weighted by Crippen LogP contribution is 2.10. The molecule has 0 amide bonds. The Labute approximate surface area is 152 Å². The molecule has 0 saturated heterocycles. The fourth-order valence-electron chi connectivity index (χ4n) is 3.13. The molecule has 2 heteroatoms. The maximum Gasteiger partial charge on any atom is 0.181 e. The second-order valence-electron chi connectivity index (χ2n) is 6.57. The smallest absolute Gasteiger partial charge is 0.181 e. The van der Waals surface area contributed by atoms with Gasteiger partial charge in [0.1, 0.15) is 0 Å². The van der Waals surface area contributed by atoms with E-state index in [1.165, 1.54) is 69.0 Å². The van der Waals surface area contributed by atoms with Gasteiger partial charge in [0.2, 0.25) is 0 Å². The number of benzene rings is 1. The molecule has 24 heavy (non-hydrogen) atoms. The fraction of sp³-hybridized carbons (Fsp3) is 0.500. The van der Waals surface area contributed by atoms with Gasteiger partial charge in [-0.25, -0.2) is 0 Å². The van der Waals surface area contributed by atoms with E-state index in [4.69, 9.17) is 11.6 Å². The summed E-state index contributed by atoms with van der Waals surface area (Å²) in [6, 6.07) is 17.3. The predicted octanol–water partition coefficient (Wildman–Crippen LogP) is 5.92. The molecule has 2 aromatic rings. The molecule has 0 atom stereocenters. The minimum Gasteiger partial charge on any atom is -0.198 e. The van der Waals surface area contributed by atoms with E-state index in [1.54, 1.807) is 0 Å². The van der Waals surface area contributed by atoms with Crippen molar-refractivity contribution < 1.29 is 4.57 Å². The predicted molar refractivity (Wildman–Crippen MR) is 104 cm³/mol. The normalized spacial score (nSPS) is 10.9. The van der Waals surface area contributed by atoms with Crippen molar-refractivity contribution in [2.75, 3.05) is 5.88 Å². The number of unbranched alkanes of at least 4 members (excludes halogenated alkanes) is 7. The summed E-state index contributed by atoms with van der Waals surface area (Å²) in [5.74, 6) is 0.820. The molecule has 0 aliphatic carbocycles. The number of hydrogen-bond acceptors (Lipinski definition) is 0. The van der Waals surface area contributed by atoms with Crippen molar-refractivity contribution in [1.82, 2.24) is 0 Å². The molecule has 1 heterocycles. The summed E-state index contributed by atoms with van der Waals surface area (Å²) in [6.07, 6.45) is 14.0. The lowest BCUT2D eigenvalue weighted by Crippen LogP contribution is -2.38. The van der Waals surface area contributed by atoms with Crippen LogP contribution < -0.4 is 4.57 Å². The molecule has 0 aliphatic heterocycles. The van der Waals surface area contributed by atoms with Crippen molar-refractivity contribution in [1.29, 1.82) is 0 Å². The maximum absolute atomic E-state index is 5.70. The van der Waals surface area contributed by atoms with E-state index in [2.05, 4.69) is 59.3 Å². The van der Waals surface area contributed by atoms with Crippen molar-refractivity contribution in [3.05, 3.63) is 66.0 Å². The van der Waals surface area contributed by atoms with E-state index < -0.39 is 0 Å². The minimum absolute atomic E-state index is 0.820. The molecular weight excluding hydrogens is 314 g/mol. The minimum atomic E-state index is 0.820. The van der Waals surface area contributed by atoms with E-state index in [9.17, 15) is 0 Å². The van der Waals surface area contributed by atoms with Crippen molar-refractivity contribution >= 4 is 11.6 Å². The molecule has 0 radical (unpaired) electrons. The third-order valence-corrected chi connectivity index (χ3v) is 4.81. The molecule has 1 nitrogen and oxygen atoms in total. The summed E-state index contributed by atoms with van der Waals surface area (Å²) in [4.78, 5) is 0. The number of pyridine rings is 1. The van der Waals surface area contributed by atoms with Crippen LogP contribution in [0.1, 0.15) is 62.6 Å². The summed E-state index contributed by atoms with van der Waals surface area (Å²) in [6.45, 7) is 0.970. The van der Waals surface area contributed by atoms with Gasteiger partial charge in [0, 0.05) is 30.0 Å². The number of halogens is 1. The molecule has 0 spiro atoms. The molecular formula is C22H31ClN+. The number of nitrogens with zero attached hydrogens (tertiary/aromatic N) is 1. The van der Waals surface area contributed by atoms with Crippen LogP contribution in [0.5, 0.6) is 0 Å². The summed E-state index contributed by atoms with van der Waals surface area (Å²) in [5, 5.41) is 0. The van der Waals surface area contributed by atoms with Crippen LogP contribution in [0.25, 0.3) is 0 Å². The van der Waals surface area contributed by atoms with Gasteiger partial charge in [0.15, 0.2) is 18.4 Å². The average molecular weight is 345 g/mol. The first-order valence-electron chi connectivity index (χ1n) is 9.47. The second kappa shape index (κ2) is 12.1. The van der Waals surface area contributed by atoms with Gasteiger partial charge < -0.3 is 0 Å². The first kappa shape index (κ1) is 19.0. The Morgan fingerprint density at radius 2 is 1.29 bits per heavy atom. The number of alkyl halides is 1. The zero-order valence-corrected chi connectivity index (χ0v) is 15.6. The molecule has 1 aromatic heterocycles. The quantitative estimate of drug-likeness (QED) is 0.255. The SMILES string of the molecule is ClCCCCCCCCCCc1cccc[n+]1Cc1ccccc1. The van der Waals surface area contributed by atoms with Gasteiger partial charge in [-0.15, -0.1) is 11.6 Å². The van der Waals surface area contributed by atoms with Crippen LogP contribution in [0.4, 0.5) is 0 Å². The van der Waals surface area contributed by atoms with Crippen molar-refractivity contribution in [3.8, 4) is 0 Å². The first-order chi connectivity index (χ1) is 11.9. The third kappa shape index (κ3) is 7.49. The van der Waals surface area contributed by atoms with E-state index >= 15 is 0 Å². The monoisotopic (exact) mass is 344 g/mol. The molecule has 0 N–H and O–H groups in total. The summed E-state index contributed by atoms with van der Waals surface area (Å²) in [5.41, 5.74) is 2.82. The molecule has 130 valence electrons. The Morgan fingerprint density at radius 1 is 0.667 bits per heavy atom. The Hall–Kier alpha value is -1.34. The Balaban J connectivity index is 1.67. The summed E-state index contributed by atoms with van der Waals surface area (Å²) in [7, 11) is 0. The highest BCUT2D eigenvalue weighted by atomic mass is 35.5. The van der Waals surface area contributed by atoms with Crippen LogP contribution in [0.2, 0.25) is 0 Å². The Bertz CT molecular complexity index is 553. The van der Waals surface area contributed by atoms with Crippen LogP contribution in [0.3, 0.4) is 0 Å². The Morgan fingerprint density at radius 3 is 2.00 bits per heavy atom. The van der Waals surface area contributed by atoms with Crippen LogP contribution in [0.15, 0.2) is 54.7 Å². The summed E-state index contributed by atoms with van der Waals surface area (Å²) < 4.78 is 2.39. The highest BCUT2D eigenvalue weighted by Gasteiger charge is 2.09. The molecule has 0 unspecified atom stereocenters. The van der Waals surface area contributed by atoms with Crippen LogP contribution >= 0.6 is 11.6 Å². The lowest BCUT2D eigenvalue weighted by atomic mass is 10.1. The number of aryl methyl sites for hydroxylation is 1. The fourth-order valence-corrected chi connectivity index (χ4v) is 3.32. The highest BCUT2D eigenvalue weighted by molar-refractivity contribution is 6.17. The molecule has 0 aliphatic rings. The molecule has 0 saturated carbocycles. The zero-order valence-electron chi connectivity index (χ0n) is 14.8. The zero-order chi connectivity index (χ0) is 16.9. The summed E-state index contributed by atoms with van der Waals surface area (Å²) >= 11 is 5.70. The Kier molecular flexibility index (Phi) is 9.56. The van der Waals surface area contributed by atoms with Gasteiger partial charge >= 0.3 is 0 Å². The van der Waals surface area contributed by atoms with Crippen molar-refractivity contribution in [3.63, 3.8) is 0 Å². The third-order valence-electron chi connectivity index (χ3n) is 4.55. The number of rotatable bonds is 12. The lowest BCUT2D eigenvalue weighted by molar-refractivity contribution is -0.695. The largest absolute Gasteiger partial charge is 0.198 e. The first-order valence-corrected chi connectivity index (χ1v) is 10.0. The van der Waals surface area contributed by atoms with E-state index in [-0.39, 0.29) is 0 Å². The van der Waals surface area contributed by atoms with Gasteiger partial charge in [-0.3, -0.25) is 0 Å². The van der Waals surface area contributed by atoms with E-state index in [1.807, 2.05) is 0 Å². The van der Waals surface area contributed by atoms with Crippen LogP contribution in [-0.4, -0.2) is 5.88 Å². The molecule has 0 fully saturated rings. The number of hydrogen-bond donors (Lipinski definition) is 0. The topological polar surface area (TPSA) is 3.88 Å². The van der Waals surface area contributed by atoms with E-state index in [0.717, 1.165) is 12.4 Å². The van der Waals surface area contributed by atoms with Crippen LogP contribution in [0, 0.1) is 0 Å². The van der Waals surface area contributed by atoms with Gasteiger partial charge in [0.05, 0.1) is 0 Å².